The van der Waals surface area contributed by atoms with E-state index in [-0.39, 0.29) is 76.4 Å². The number of nitrogens with one attached hydrogen (secondary N) is 3. The van der Waals surface area contributed by atoms with Crippen LogP contribution in [0.5, 0.6) is 0 Å². The number of amides is 2. The quantitative estimate of drug-likeness (QED) is 0.0105. The van der Waals surface area contributed by atoms with Crippen molar-refractivity contribution in [2.75, 3.05) is 81.2 Å². The monoisotopic (exact) mass is 1580 g/mol. The van der Waals surface area contributed by atoms with Crippen LogP contribution in [0, 0.1) is 0 Å². The van der Waals surface area contributed by atoms with Crippen molar-refractivity contribution in [2.24, 2.45) is 19.1 Å². The van der Waals surface area contributed by atoms with Crippen LogP contribution in [-0.4, -0.2) is 189 Å². The van der Waals surface area contributed by atoms with Crippen molar-refractivity contribution < 1.29 is 82.1 Å². The van der Waals surface area contributed by atoms with Gasteiger partial charge in [-0.1, -0.05) is 77.3 Å². The summed E-state index contributed by atoms with van der Waals surface area (Å²) in [5.74, 6) is -3.55. The molecule has 0 saturated carbocycles. The Morgan fingerprint density at radius 3 is 1.48 bits per heavy atom. The van der Waals surface area contributed by atoms with E-state index in [1.54, 1.807) is 72.6 Å². The zero-order chi connectivity index (χ0) is 79.5. The van der Waals surface area contributed by atoms with Crippen molar-refractivity contribution in [1.82, 2.24) is 29.3 Å². The van der Waals surface area contributed by atoms with E-state index >= 15 is 0 Å². The lowest BCUT2D eigenvalue weighted by Crippen LogP contribution is -2.46. The van der Waals surface area contributed by atoms with E-state index < -0.39 is 76.1 Å². The molecule has 4 heterocycles. The number of aryl methyl sites for hydroxylation is 2. The van der Waals surface area contributed by atoms with E-state index in [1.807, 2.05) is 55.7 Å². The number of sulfonamides is 4. The summed E-state index contributed by atoms with van der Waals surface area (Å²) >= 11 is 1.06. The van der Waals surface area contributed by atoms with Gasteiger partial charge in [0.25, 0.3) is 20.0 Å². The third kappa shape index (κ3) is 22.5. The Bertz CT molecular complexity index is 4820. The highest BCUT2D eigenvalue weighted by atomic mass is 32.2. The number of carbonyl (C=O) groups is 6. The summed E-state index contributed by atoms with van der Waals surface area (Å²) in [6.45, 7) is 13.1. The first-order valence-corrected chi connectivity index (χ1v) is 40.2. The maximum absolute atomic E-state index is 13.2. The van der Waals surface area contributed by atoms with Crippen LogP contribution in [0.2, 0.25) is 0 Å². The molecule has 2 aliphatic rings. The summed E-state index contributed by atoms with van der Waals surface area (Å²) in [5, 5.41) is 38.0. The Hall–Kier alpha value is -10.1. The van der Waals surface area contributed by atoms with E-state index in [2.05, 4.69) is 46.6 Å². The first kappa shape index (κ1) is 85.8. The molecule has 107 heavy (non-hydrogen) atoms. The Morgan fingerprint density at radius 2 is 1.05 bits per heavy atom. The van der Waals surface area contributed by atoms with E-state index in [9.17, 15) is 72.7 Å². The van der Waals surface area contributed by atoms with E-state index in [1.165, 1.54) is 70.8 Å². The normalized spacial score (nSPS) is 14.2. The average molecular weight is 1580 g/mol. The van der Waals surface area contributed by atoms with Crippen LogP contribution in [0.25, 0.3) is 11.0 Å². The zero-order valence-electron chi connectivity index (χ0n) is 61.1. The molecule has 0 fully saturated rings. The van der Waals surface area contributed by atoms with Crippen LogP contribution in [0.15, 0.2) is 136 Å². The van der Waals surface area contributed by atoms with Crippen LogP contribution in [0.4, 0.5) is 28.4 Å². The predicted octanol–water partition coefficient (Wildman–Crippen LogP) is 8.12. The summed E-state index contributed by atoms with van der Waals surface area (Å²) in [6, 6.07) is 20.3. The second kappa shape index (κ2) is 37.9. The SMILES string of the molecule is CCCCN1C(=O)[C@@H](C)Nc2c1cc(C(=O)O)cc2S(N)(=O)=O.CCCCN1C(=O)[C@H](C)Nc2c1cc(C(=O)O)cc2S(N)(=O)=O.CCCCn1c(CCC)nc2cc(C(=O)OC)cc(S(=O)(=O)N=CN(C)C)c21.COC(=O)c1cc(NCc2ccccc2)c(Sc2ncccn2)c(S(=O)(=O)N=CN(C)C)c1. The fraction of sp³-hybridized carbons (Fsp3) is 0.377. The topological polar surface area (TPSA) is 467 Å². The van der Waals surface area contributed by atoms with E-state index in [4.69, 9.17) is 19.8 Å². The van der Waals surface area contributed by atoms with Gasteiger partial charge in [-0.05, 0) is 111 Å². The molecular weight excluding hydrogens is 1490 g/mol. The summed E-state index contributed by atoms with van der Waals surface area (Å²) < 4.78 is 119. The molecule has 2 amide bonds. The molecule has 7 aromatic rings. The van der Waals surface area contributed by atoms with Crippen molar-refractivity contribution in [3.05, 3.63) is 131 Å². The maximum Gasteiger partial charge on any atom is 0.337 e. The highest BCUT2D eigenvalue weighted by molar-refractivity contribution is 8.00. The molecule has 38 heteroatoms. The molecule has 0 aliphatic carbocycles. The zero-order valence-corrected chi connectivity index (χ0v) is 65.2. The van der Waals surface area contributed by atoms with Gasteiger partial charge in [0.1, 0.15) is 50.2 Å². The minimum Gasteiger partial charge on any atom is -0.478 e. The van der Waals surface area contributed by atoms with Crippen molar-refractivity contribution in [1.29, 1.82) is 0 Å². The molecule has 0 saturated heterocycles. The molecule has 2 aromatic heterocycles. The average Bonchev–Trinajstić information content (AvgIpc) is 1.68. The Balaban J connectivity index is 0.000000226. The minimum atomic E-state index is -4.17. The number of nitrogens with zero attached hydrogens (tertiary/aromatic N) is 10. The molecule has 33 nitrogen and oxygen atoms in total. The third-order valence-corrected chi connectivity index (χ3v) is 21.3. The first-order valence-electron chi connectivity index (χ1n) is 33.5. The number of anilines is 5. The van der Waals surface area contributed by atoms with Crippen LogP contribution >= 0.6 is 11.8 Å². The van der Waals surface area contributed by atoms with Crippen molar-refractivity contribution >= 4 is 140 Å². The largest absolute Gasteiger partial charge is 0.478 e. The molecule has 9 N–H and O–H groups in total. The predicted molar refractivity (Wildman–Crippen MR) is 407 cm³/mol. The fourth-order valence-corrected chi connectivity index (χ4v) is 15.5. The molecule has 0 bridgehead atoms. The molecule has 0 spiro atoms. The van der Waals surface area contributed by atoms with Gasteiger partial charge < -0.3 is 59.8 Å². The van der Waals surface area contributed by atoms with Gasteiger partial charge in [0.05, 0.1) is 80.8 Å². The van der Waals surface area contributed by atoms with Gasteiger partial charge in [0, 0.05) is 73.2 Å². The number of rotatable bonds is 28. The number of hydrogen-bond donors (Lipinski definition) is 7. The lowest BCUT2D eigenvalue weighted by atomic mass is 10.1. The third-order valence-electron chi connectivity index (χ3n) is 15.8. The van der Waals surface area contributed by atoms with Crippen LogP contribution in [0.3, 0.4) is 0 Å². The number of carboxylic acid groups (broad SMARTS) is 2. The number of primary sulfonamides is 2. The van der Waals surface area contributed by atoms with E-state index in [0.29, 0.717) is 72.2 Å². The highest BCUT2D eigenvalue weighted by Gasteiger charge is 2.37. The second-order valence-corrected chi connectivity index (χ2v) is 31.8. The molecule has 2 aliphatic heterocycles. The maximum atomic E-state index is 13.2. The lowest BCUT2D eigenvalue weighted by molar-refractivity contribution is -0.120. The van der Waals surface area contributed by atoms with Crippen LogP contribution in [-0.2, 0) is 78.7 Å². The number of fused-ring (bicyclic) bond motifs is 3. The fourth-order valence-electron chi connectivity index (χ4n) is 10.6. The first-order chi connectivity index (χ1) is 50.4. The molecule has 2 atom stereocenters. The van der Waals surface area contributed by atoms with Gasteiger partial charge >= 0.3 is 23.9 Å². The van der Waals surface area contributed by atoms with Crippen molar-refractivity contribution in [2.45, 2.75) is 148 Å². The summed E-state index contributed by atoms with van der Waals surface area (Å²) in [7, 11) is -7.33. The summed E-state index contributed by atoms with van der Waals surface area (Å²) in [4.78, 5) is 90.1. The van der Waals surface area contributed by atoms with Gasteiger partial charge in [-0.15, -0.1) is 8.80 Å². The summed E-state index contributed by atoms with van der Waals surface area (Å²) in [5.41, 5.74) is 2.86. The van der Waals surface area contributed by atoms with Crippen molar-refractivity contribution in [3.8, 4) is 0 Å². The Kier molecular flexibility index (Phi) is 30.4. The number of benzene rings is 5. The van der Waals surface area contributed by atoms with Gasteiger partial charge in [0.15, 0.2) is 5.16 Å². The van der Waals surface area contributed by atoms with Crippen LogP contribution < -0.4 is 36.0 Å². The molecule has 578 valence electrons. The van der Waals surface area contributed by atoms with Crippen molar-refractivity contribution in [3.63, 3.8) is 0 Å². The number of aromatic carboxylic acids is 2. The van der Waals surface area contributed by atoms with Gasteiger partial charge in [-0.3, -0.25) is 9.59 Å². The number of carbonyl (C=O) groups excluding carboxylic acids is 4. The second-order valence-electron chi connectivity index (χ2n) is 24.6. The smallest absolute Gasteiger partial charge is 0.337 e. The van der Waals surface area contributed by atoms with Crippen LogP contribution in [0.1, 0.15) is 139 Å². The number of ether oxygens (including phenoxy) is 2. The molecule has 0 radical (unpaired) electrons. The molecule has 9 rings (SSSR count). The Morgan fingerprint density at radius 1 is 0.607 bits per heavy atom. The number of hydrogen-bond acceptors (Lipinski definition) is 23. The number of imidazole rings is 1. The number of unbranched alkanes of at least 4 members (excludes halogenated alkanes) is 3. The Labute approximate surface area is 626 Å². The number of aromatic nitrogens is 4. The number of esters is 2. The van der Waals surface area contributed by atoms with E-state index in [0.717, 1.165) is 67.4 Å². The van der Waals surface area contributed by atoms with Gasteiger partial charge in [0.2, 0.25) is 31.9 Å². The standard InChI is InChI=1S/C22H23N5O4S2.C19H28N4O4S.2C14H19N3O5S/c1-27(2)15-26-33(29,30)19-13-17(21(28)31-3)12-18(25-14-16-8-5-4-6-9-16)20(19)32-22-23-10-7-11-24-22;1-6-8-10-23-17(9-7-2)21-15-11-14(19(24)27-5)12-16(18(15)23)28(25,26)20-13-22(3)4;2*1-3-4-5-17-10-6-9(14(19)20)7-11(23(15,21)22)12(10)16-8(2)13(17)18/h4-13,15,25H,14H2,1-3H3;11-13H,6-10H2,1-5H3;2*6-8,16H,3-5H2,1-2H3,(H,19,20)(H2,15,21,22)/t;;2*8-/m..10/s1. The van der Waals surface area contributed by atoms with Gasteiger partial charge in [-0.2, -0.15) is 16.8 Å². The number of methoxy groups -OCH3 is 2. The molecule has 5 aromatic carbocycles. The molecule has 0 unspecified atom stereocenters. The number of carboxylic acids is 2. The minimum absolute atomic E-state index is 0.0329. The summed E-state index contributed by atoms with van der Waals surface area (Å²) in [6.07, 6.45) is 12.1. The highest BCUT2D eigenvalue weighted by Crippen LogP contribution is 2.42. The molecular formula is C69H89N15O18S5. The lowest BCUT2D eigenvalue weighted by Gasteiger charge is -2.35. The van der Waals surface area contributed by atoms with Gasteiger partial charge in [-0.25, -0.2) is 61.2 Å². The number of nitrogens with two attached hydrogens (primary N) is 2.